The van der Waals surface area contributed by atoms with Gasteiger partial charge in [0.2, 0.25) is 0 Å². The Hall–Kier alpha value is -3.07. The van der Waals surface area contributed by atoms with Crippen LogP contribution >= 0.6 is 0 Å². The van der Waals surface area contributed by atoms with Crippen LogP contribution in [0.25, 0.3) is 38.1 Å². The quantitative estimate of drug-likeness (QED) is 0.423. The van der Waals surface area contributed by atoms with Gasteiger partial charge in [-0.25, -0.2) is 4.79 Å². The summed E-state index contributed by atoms with van der Waals surface area (Å²) in [7, 11) is 1.42. The van der Waals surface area contributed by atoms with E-state index in [-0.39, 0.29) is 5.97 Å². The fourth-order valence-corrected chi connectivity index (χ4v) is 3.68. The number of fused-ring (bicyclic) bond motifs is 6. The van der Waals surface area contributed by atoms with E-state index in [0.29, 0.717) is 5.56 Å². The van der Waals surface area contributed by atoms with Crippen LogP contribution in [0.3, 0.4) is 0 Å². The Morgan fingerprint density at radius 3 is 1.78 bits per heavy atom. The van der Waals surface area contributed by atoms with Crippen LogP contribution in [-0.2, 0) is 4.74 Å². The number of benzene rings is 2. The maximum absolute atomic E-state index is 12.1. The first kappa shape index (κ1) is 12.5. The van der Waals surface area contributed by atoms with E-state index in [2.05, 4.69) is 40.8 Å². The second-order valence-electron chi connectivity index (χ2n) is 5.78. The lowest BCUT2D eigenvalue weighted by molar-refractivity contribution is 0.0601. The lowest BCUT2D eigenvalue weighted by atomic mass is 10.1. The van der Waals surface area contributed by atoms with Crippen LogP contribution in [0.15, 0.2) is 60.7 Å². The van der Waals surface area contributed by atoms with E-state index in [1.54, 1.807) is 0 Å². The summed E-state index contributed by atoms with van der Waals surface area (Å²) in [5.74, 6) is -0.306. The summed E-state index contributed by atoms with van der Waals surface area (Å²) in [6.07, 6.45) is 0. The molecule has 0 saturated carbocycles. The van der Waals surface area contributed by atoms with Crippen LogP contribution < -0.4 is 0 Å². The molecule has 0 bridgehead atoms. The Morgan fingerprint density at radius 1 is 0.826 bits per heavy atom. The largest absolute Gasteiger partial charge is 0.465 e. The fourth-order valence-electron chi connectivity index (χ4n) is 3.68. The number of aromatic nitrogens is 1. The SMILES string of the molecule is COC(=O)c1cc2c3ccccc3c3c4ccccc4c(c1)n23. The molecule has 23 heavy (non-hydrogen) atoms. The van der Waals surface area contributed by atoms with E-state index in [1.165, 1.54) is 23.4 Å². The summed E-state index contributed by atoms with van der Waals surface area (Å²) < 4.78 is 7.18. The van der Waals surface area contributed by atoms with Gasteiger partial charge in [-0.15, -0.1) is 0 Å². The number of carbonyl (C=O) groups is 1. The lowest BCUT2D eigenvalue weighted by Gasteiger charge is -2.03. The van der Waals surface area contributed by atoms with Gasteiger partial charge in [0.25, 0.3) is 0 Å². The summed E-state index contributed by atoms with van der Waals surface area (Å²) in [5.41, 5.74) is 3.88. The highest BCUT2D eigenvalue weighted by molar-refractivity contribution is 6.23. The molecular weight excluding hydrogens is 286 g/mol. The summed E-state index contributed by atoms with van der Waals surface area (Å²) in [4.78, 5) is 12.1. The minimum atomic E-state index is -0.306. The van der Waals surface area contributed by atoms with Crippen LogP contribution in [0.1, 0.15) is 10.4 Å². The zero-order chi connectivity index (χ0) is 15.6. The van der Waals surface area contributed by atoms with E-state index in [4.69, 9.17) is 4.74 Å². The number of rotatable bonds is 1. The van der Waals surface area contributed by atoms with E-state index in [0.717, 1.165) is 21.8 Å². The molecule has 5 rings (SSSR count). The molecule has 0 radical (unpaired) electrons. The van der Waals surface area contributed by atoms with Crippen LogP contribution in [0.4, 0.5) is 0 Å². The minimum Gasteiger partial charge on any atom is -0.465 e. The second kappa shape index (κ2) is 4.23. The van der Waals surface area contributed by atoms with Crippen molar-refractivity contribution < 1.29 is 9.53 Å². The molecule has 0 spiro atoms. The number of methoxy groups -OCH3 is 1. The molecule has 0 fully saturated rings. The molecule has 110 valence electrons. The minimum absolute atomic E-state index is 0.306. The van der Waals surface area contributed by atoms with Gasteiger partial charge in [-0.05, 0) is 12.1 Å². The topological polar surface area (TPSA) is 30.7 Å². The molecule has 5 aromatic rings. The third kappa shape index (κ3) is 1.46. The first-order valence-corrected chi connectivity index (χ1v) is 7.55. The first-order chi connectivity index (χ1) is 11.3. The third-order valence-electron chi connectivity index (χ3n) is 4.63. The number of nitrogens with zero attached hydrogens (tertiary/aromatic N) is 1. The van der Waals surface area contributed by atoms with Crippen molar-refractivity contribution in [3.05, 3.63) is 66.2 Å². The maximum Gasteiger partial charge on any atom is 0.337 e. The Morgan fingerprint density at radius 2 is 1.30 bits per heavy atom. The van der Waals surface area contributed by atoms with Gasteiger partial charge in [0, 0.05) is 21.5 Å². The van der Waals surface area contributed by atoms with E-state index >= 15 is 0 Å². The average Bonchev–Trinajstić information content (AvgIpc) is 3.12. The molecule has 3 heterocycles. The van der Waals surface area contributed by atoms with Crippen molar-refractivity contribution in [3.63, 3.8) is 0 Å². The highest BCUT2D eigenvalue weighted by Gasteiger charge is 2.19. The second-order valence-corrected chi connectivity index (χ2v) is 5.78. The summed E-state index contributed by atoms with van der Waals surface area (Å²) in [5, 5.41) is 4.73. The van der Waals surface area contributed by atoms with Gasteiger partial charge in [-0.1, -0.05) is 48.5 Å². The van der Waals surface area contributed by atoms with Crippen molar-refractivity contribution in [1.82, 2.24) is 4.40 Å². The van der Waals surface area contributed by atoms with Gasteiger partial charge in [0.05, 0.1) is 29.2 Å². The molecule has 0 atom stereocenters. The number of esters is 1. The molecular formula is C20H13NO2. The summed E-state index contributed by atoms with van der Waals surface area (Å²) in [6, 6.07) is 20.5. The van der Waals surface area contributed by atoms with Crippen molar-refractivity contribution in [2.75, 3.05) is 7.11 Å². The normalized spacial score (nSPS) is 11.9. The van der Waals surface area contributed by atoms with Crippen LogP contribution in [-0.4, -0.2) is 17.5 Å². The predicted octanol–water partition coefficient (Wildman–Crippen LogP) is 4.62. The highest BCUT2D eigenvalue weighted by Crippen LogP contribution is 2.39. The van der Waals surface area contributed by atoms with Gasteiger partial charge in [-0.2, -0.15) is 0 Å². The van der Waals surface area contributed by atoms with E-state index in [9.17, 15) is 4.79 Å². The standard InChI is InChI=1S/C20H13NO2/c1-23-20(22)12-10-17-13-6-2-4-8-15(13)19-16-9-5-3-7-14(16)18(11-12)21(17)19/h2-11H,1H3. The number of pyridine rings is 1. The monoisotopic (exact) mass is 299 g/mol. The van der Waals surface area contributed by atoms with Gasteiger partial charge in [-0.3, -0.25) is 0 Å². The Kier molecular flexibility index (Phi) is 2.29. The maximum atomic E-state index is 12.1. The molecule has 3 heteroatoms. The zero-order valence-corrected chi connectivity index (χ0v) is 12.5. The predicted molar refractivity (Wildman–Crippen MR) is 92.4 cm³/mol. The number of hydrogen-bond donors (Lipinski definition) is 0. The van der Waals surface area contributed by atoms with Crippen molar-refractivity contribution in [1.29, 1.82) is 0 Å². The molecule has 0 aliphatic rings. The van der Waals surface area contributed by atoms with Crippen molar-refractivity contribution in [2.45, 2.75) is 0 Å². The Bertz CT molecular complexity index is 1130. The van der Waals surface area contributed by atoms with Crippen LogP contribution in [0.2, 0.25) is 0 Å². The van der Waals surface area contributed by atoms with Gasteiger partial charge >= 0.3 is 5.97 Å². The van der Waals surface area contributed by atoms with E-state index < -0.39 is 0 Å². The third-order valence-corrected chi connectivity index (χ3v) is 4.63. The molecule has 0 aliphatic heterocycles. The molecule has 3 aromatic heterocycles. The molecule has 0 N–H and O–H groups in total. The summed E-state index contributed by atoms with van der Waals surface area (Å²) in [6.45, 7) is 0. The molecule has 0 unspecified atom stereocenters. The van der Waals surface area contributed by atoms with Crippen molar-refractivity contribution in [2.24, 2.45) is 0 Å². The van der Waals surface area contributed by atoms with Crippen LogP contribution in [0.5, 0.6) is 0 Å². The molecule has 0 aliphatic carbocycles. The van der Waals surface area contributed by atoms with E-state index in [1.807, 2.05) is 24.3 Å². The average molecular weight is 299 g/mol. The van der Waals surface area contributed by atoms with Crippen molar-refractivity contribution >= 4 is 44.1 Å². The smallest absolute Gasteiger partial charge is 0.337 e. The van der Waals surface area contributed by atoms with Gasteiger partial charge in [0.15, 0.2) is 0 Å². The first-order valence-electron chi connectivity index (χ1n) is 7.55. The summed E-state index contributed by atoms with van der Waals surface area (Å²) >= 11 is 0. The Labute approximate surface area is 132 Å². The highest BCUT2D eigenvalue weighted by atomic mass is 16.5. The fraction of sp³-hybridized carbons (Fsp3) is 0.0500. The van der Waals surface area contributed by atoms with Gasteiger partial charge in [0.1, 0.15) is 0 Å². The van der Waals surface area contributed by atoms with Crippen LogP contribution in [0, 0.1) is 0 Å². The molecule has 2 aromatic carbocycles. The molecule has 3 nitrogen and oxygen atoms in total. The zero-order valence-electron chi connectivity index (χ0n) is 12.5. The number of hydrogen-bond acceptors (Lipinski definition) is 2. The molecule has 0 amide bonds. The van der Waals surface area contributed by atoms with Crippen molar-refractivity contribution in [3.8, 4) is 0 Å². The number of carbonyl (C=O) groups excluding carboxylic acids is 1. The van der Waals surface area contributed by atoms with Gasteiger partial charge < -0.3 is 9.14 Å². The molecule has 0 saturated heterocycles. The lowest BCUT2D eigenvalue weighted by Crippen LogP contribution is -2.01. The number of ether oxygens (including phenoxy) is 1. The Balaban J connectivity index is 2.14.